The third-order valence-electron chi connectivity index (χ3n) is 4.22. The zero-order chi connectivity index (χ0) is 16.7. The largest absolute Gasteiger partial charge is 0.348 e. The number of benzene rings is 1. The SMILES string of the molecule is Cc1ccccc1-n1ncc2c(C)nn(CC3OCCO3)c(=O)c21. The molecule has 2 aromatic heterocycles. The number of hydrogen-bond acceptors (Lipinski definition) is 5. The molecule has 0 aliphatic carbocycles. The predicted molar refractivity (Wildman–Crippen MR) is 88.3 cm³/mol. The Bertz CT molecular complexity index is 954. The topological polar surface area (TPSA) is 71.2 Å². The summed E-state index contributed by atoms with van der Waals surface area (Å²) >= 11 is 0. The molecule has 24 heavy (non-hydrogen) atoms. The van der Waals surface area contributed by atoms with Crippen LogP contribution in [0.2, 0.25) is 0 Å². The number of fused-ring (bicyclic) bond motifs is 1. The summed E-state index contributed by atoms with van der Waals surface area (Å²) in [6, 6.07) is 7.84. The first-order chi connectivity index (χ1) is 11.6. The summed E-state index contributed by atoms with van der Waals surface area (Å²) in [5.41, 5.74) is 3.01. The molecule has 1 fully saturated rings. The maximum absolute atomic E-state index is 13.0. The predicted octanol–water partition coefficient (Wildman–Crippen LogP) is 1.57. The average molecular weight is 326 g/mol. The van der Waals surface area contributed by atoms with E-state index >= 15 is 0 Å². The highest BCUT2D eigenvalue weighted by molar-refractivity contribution is 5.81. The fourth-order valence-electron chi connectivity index (χ4n) is 2.98. The lowest BCUT2D eigenvalue weighted by molar-refractivity contribution is -0.0553. The van der Waals surface area contributed by atoms with Crippen LogP contribution < -0.4 is 5.56 Å². The fraction of sp³-hybridized carbons (Fsp3) is 0.353. The molecule has 0 radical (unpaired) electrons. The lowest BCUT2D eigenvalue weighted by Gasteiger charge is -2.12. The van der Waals surface area contributed by atoms with Crippen LogP contribution in [0.15, 0.2) is 35.3 Å². The van der Waals surface area contributed by atoms with Crippen LogP contribution in [0.5, 0.6) is 0 Å². The molecule has 3 heterocycles. The Morgan fingerprint density at radius 2 is 1.96 bits per heavy atom. The highest BCUT2D eigenvalue weighted by atomic mass is 16.7. The lowest BCUT2D eigenvalue weighted by atomic mass is 10.2. The maximum atomic E-state index is 13.0. The normalized spacial score (nSPS) is 15.4. The van der Waals surface area contributed by atoms with Crippen molar-refractivity contribution in [1.82, 2.24) is 19.6 Å². The van der Waals surface area contributed by atoms with Gasteiger partial charge in [0.1, 0.15) is 5.52 Å². The number of rotatable bonds is 3. The fourth-order valence-corrected chi connectivity index (χ4v) is 2.98. The zero-order valence-electron chi connectivity index (χ0n) is 13.6. The van der Waals surface area contributed by atoms with Gasteiger partial charge in [0.05, 0.1) is 37.3 Å². The molecule has 1 aromatic carbocycles. The van der Waals surface area contributed by atoms with Crippen LogP contribution in [0, 0.1) is 13.8 Å². The van der Waals surface area contributed by atoms with E-state index in [1.807, 2.05) is 38.1 Å². The molecular weight excluding hydrogens is 308 g/mol. The molecule has 0 amide bonds. The molecule has 0 saturated carbocycles. The van der Waals surface area contributed by atoms with Crippen LogP contribution in [-0.2, 0) is 16.0 Å². The van der Waals surface area contributed by atoms with E-state index < -0.39 is 6.29 Å². The Hall–Kier alpha value is -2.51. The Labute approximate surface area is 138 Å². The number of hydrogen-bond donors (Lipinski definition) is 0. The standard InChI is InChI=1S/C17H18N4O3/c1-11-5-3-4-6-14(11)21-16-13(9-18-21)12(2)19-20(17(16)22)10-15-23-7-8-24-15/h3-6,9,15H,7-8,10H2,1-2H3. The molecule has 0 bridgehead atoms. The van der Waals surface area contributed by atoms with Gasteiger partial charge < -0.3 is 9.47 Å². The first-order valence-electron chi connectivity index (χ1n) is 7.90. The Kier molecular flexibility index (Phi) is 3.66. The van der Waals surface area contributed by atoms with E-state index in [-0.39, 0.29) is 12.1 Å². The van der Waals surface area contributed by atoms with Crippen molar-refractivity contribution in [3.05, 3.63) is 52.1 Å². The summed E-state index contributed by atoms with van der Waals surface area (Å²) in [7, 11) is 0. The van der Waals surface area contributed by atoms with Crippen LogP contribution in [0.4, 0.5) is 0 Å². The molecule has 7 heteroatoms. The summed E-state index contributed by atoms with van der Waals surface area (Å²) in [4.78, 5) is 13.0. The summed E-state index contributed by atoms with van der Waals surface area (Å²) in [6.07, 6.45) is 1.26. The van der Waals surface area contributed by atoms with Crippen LogP contribution in [0.3, 0.4) is 0 Å². The van der Waals surface area contributed by atoms with Crippen LogP contribution >= 0.6 is 0 Å². The van der Waals surface area contributed by atoms with Crippen molar-refractivity contribution in [2.45, 2.75) is 26.7 Å². The van der Waals surface area contributed by atoms with Gasteiger partial charge in [-0.25, -0.2) is 9.36 Å². The highest BCUT2D eigenvalue weighted by Gasteiger charge is 2.21. The monoisotopic (exact) mass is 326 g/mol. The van der Waals surface area contributed by atoms with Crippen molar-refractivity contribution in [2.24, 2.45) is 0 Å². The molecule has 1 aliphatic rings. The number of ether oxygens (including phenoxy) is 2. The molecule has 3 aromatic rings. The first-order valence-corrected chi connectivity index (χ1v) is 7.90. The van der Waals surface area contributed by atoms with Gasteiger partial charge in [0.15, 0.2) is 6.29 Å². The number of nitrogens with zero attached hydrogens (tertiary/aromatic N) is 4. The van der Waals surface area contributed by atoms with Gasteiger partial charge in [0, 0.05) is 5.39 Å². The second-order valence-corrected chi connectivity index (χ2v) is 5.85. The van der Waals surface area contributed by atoms with E-state index in [1.54, 1.807) is 10.9 Å². The van der Waals surface area contributed by atoms with Gasteiger partial charge in [-0.15, -0.1) is 0 Å². The van der Waals surface area contributed by atoms with Crippen molar-refractivity contribution < 1.29 is 9.47 Å². The van der Waals surface area contributed by atoms with Crippen molar-refractivity contribution >= 4 is 10.9 Å². The second-order valence-electron chi connectivity index (χ2n) is 5.85. The highest BCUT2D eigenvalue weighted by Crippen LogP contribution is 2.19. The van der Waals surface area contributed by atoms with Gasteiger partial charge in [-0.2, -0.15) is 10.2 Å². The molecule has 1 saturated heterocycles. The smallest absolute Gasteiger partial charge is 0.293 e. The van der Waals surface area contributed by atoms with Crippen molar-refractivity contribution in [2.75, 3.05) is 13.2 Å². The molecule has 0 atom stereocenters. The first kappa shape index (κ1) is 15.0. The molecule has 0 N–H and O–H groups in total. The molecule has 1 aliphatic heterocycles. The van der Waals surface area contributed by atoms with E-state index in [0.29, 0.717) is 18.7 Å². The van der Waals surface area contributed by atoms with E-state index in [0.717, 1.165) is 22.3 Å². The van der Waals surface area contributed by atoms with Gasteiger partial charge in [-0.3, -0.25) is 4.79 Å². The third-order valence-corrected chi connectivity index (χ3v) is 4.22. The van der Waals surface area contributed by atoms with E-state index in [4.69, 9.17) is 9.47 Å². The molecule has 0 spiro atoms. The van der Waals surface area contributed by atoms with Crippen LogP contribution in [0.1, 0.15) is 11.3 Å². The summed E-state index contributed by atoms with van der Waals surface area (Å²) in [5, 5.41) is 9.56. The molecule has 4 rings (SSSR count). The summed E-state index contributed by atoms with van der Waals surface area (Å²) < 4.78 is 14.0. The minimum absolute atomic E-state index is 0.199. The zero-order valence-corrected chi connectivity index (χ0v) is 13.6. The van der Waals surface area contributed by atoms with Crippen molar-refractivity contribution in [3.8, 4) is 5.69 Å². The number of para-hydroxylation sites is 1. The van der Waals surface area contributed by atoms with Gasteiger partial charge in [-0.05, 0) is 25.5 Å². The maximum Gasteiger partial charge on any atom is 0.293 e. The van der Waals surface area contributed by atoms with Crippen molar-refractivity contribution in [1.29, 1.82) is 0 Å². The van der Waals surface area contributed by atoms with Gasteiger partial charge >= 0.3 is 0 Å². The Balaban J connectivity index is 1.89. The summed E-state index contributed by atoms with van der Waals surface area (Å²) in [5.74, 6) is 0. The average Bonchev–Trinajstić information content (AvgIpc) is 3.22. The number of aromatic nitrogens is 4. The minimum atomic E-state index is -0.429. The minimum Gasteiger partial charge on any atom is -0.348 e. The Morgan fingerprint density at radius 3 is 2.71 bits per heavy atom. The Morgan fingerprint density at radius 1 is 1.21 bits per heavy atom. The second kappa shape index (κ2) is 5.85. The quantitative estimate of drug-likeness (QED) is 0.731. The van der Waals surface area contributed by atoms with Crippen LogP contribution in [-0.4, -0.2) is 39.1 Å². The molecule has 124 valence electrons. The molecule has 7 nitrogen and oxygen atoms in total. The van der Waals surface area contributed by atoms with Crippen molar-refractivity contribution in [3.63, 3.8) is 0 Å². The van der Waals surface area contributed by atoms with E-state index in [2.05, 4.69) is 10.2 Å². The summed E-state index contributed by atoms with van der Waals surface area (Å²) in [6.45, 7) is 5.23. The van der Waals surface area contributed by atoms with E-state index in [1.165, 1.54) is 4.68 Å². The van der Waals surface area contributed by atoms with Gasteiger partial charge in [-0.1, -0.05) is 18.2 Å². The third kappa shape index (κ3) is 2.42. The number of aryl methyl sites for hydroxylation is 2. The van der Waals surface area contributed by atoms with Gasteiger partial charge in [0.2, 0.25) is 0 Å². The molecular formula is C17H18N4O3. The van der Waals surface area contributed by atoms with Crippen LogP contribution in [0.25, 0.3) is 16.6 Å². The van der Waals surface area contributed by atoms with E-state index in [9.17, 15) is 4.79 Å². The van der Waals surface area contributed by atoms with Gasteiger partial charge in [0.25, 0.3) is 5.56 Å². The molecule has 0 unspecified atom stereocenters. The lowest BCUT2D eigenvalue weighted by Crippen LogP contribution is -2.31.